The second-order valence-electron chi connectivity index (χ2n) is 5.64. The molecule has 0 aromatic carbocycles. The summed E-state index contributed by atoms with van der Waals surface area (Å²) in [4.78, 5) is 30.6. The van der Waals surface area contributed by atoms with E-state index < -0.39 is 5.41 Å². The molecular formula is C17H18N2O4. The van der Waals surface area contributed by atoms with Crippen LogP contribution in [0.3, 0.4) is 0 Å². The maximum Gasteiger partial charge on any atom is 0.314 e. The molecule has 0 unspecified atom stereocenters. The zero-order valence-corrected chi connectivity index (χ0v) is 13.3. The van der Waals surface area contributed by atoms with Gasteiger partial charge < -0.3 is 9.47 Å². The zero-order chi connectivity index (χ0) is 16.9. The molecule has 0 spiro atoms. The van der Waals surface area contributed by atoms with Crippen molar-refractivity contribution in [2.75, 3.05) is 13.7 Å². The van der Waals surface area contributed by atoms with Crippen molar-refractivity contribution in [3.05, 3.63) is 42.2 Å². The number of hydrogen-bond donors (Lipinski definition) is 0. The molecule has 0 N–H and O–H groups in total. The topological polar surface area (TPSA) is 78.4 Å². The SMILES string of the molecule is COC(=O)C(C)(C)COc1ccc(-c2ccc(C=O)cn2)cn1. The first kappa shape index (κ1) is 16.6. The fourth-order valence-corrected chi connectivity index (χ4v) is 1.85. The van der Waals surface area contributed by atoms with Gasteiger partial charge in [0.2, 0.25) is 5.88 Å². The molecule has 0 aliphatic rings. The summed E-state index contributed by atoms with van der Waals surface area (Å²) < 4.78 is 10.3. The summed E-state index contributed by atoms with van der Waals surface area (Å²) in [6, 6.07) is 6.97. The van der Waals surface area contributed by atoms with Gasteiger partial charge in [0.05, 0.1) is 18.2 Å². The molecule has 2 rings (SSSR count). The van der Waals surface area contributed by atoms with Crippen LogP contribution in [0.5, 0.6) is 5.88 Å². The van der Waals surface area contributed by atoms with Crippen LogP contribution >= 0.6 is 0 Å². The lowest BCUT2D eigenvalue weighted by Crippen LogP contribution is -2.32. The maximum absolute atomic E-state index is 11.6. The molecule has 0 saturated carbocycles. The summed E-state index contributed by atoms with van der Waals surface area (Å²) in [5.74, 6) is 0.0730. The van der Waals surface area contributed by atoms with E-state index in [0.29, 0.717) is 17.1 Å². The molecular weight excluding hydrogens is 296 g/mol. The van der Waals surface area contributed by atoms with Crippen LogP contribution in [0.25, 0.3) is 11.3 Å². The molecule has 2 aromatic heterocycles. The van der Waals surface area contributed by atoms with Gasteiger partial charge in [0.25, 0.3) is 0 Å². The van der Waals surface area contributed by atoms with Crippen molar-refractivity contribution in [1.82, 2.24) is 9.97 Å². The van der Waals surface area contributed by atoms with Crippen LogP contribution < -0.4 is 4.74 Å². The molecule has 0 radical (unpaired) electrons. The average molecular weight is 314 g/mol. The van der Waals surface area contributed by atoms with E-state index in [1.165, 1.54) is 13.3 Å². The van der Waals surface area contributed by atoms with E-state index in [-0.39, 0.29) is 12.6 Å². The Labute approximate surface area is 134 Å². The van der Waals surface area contributed by atoms with Gasteiger partial charge in [0, 0.05) is 29.6 Å². The summed E-state index contributed by atoms with van der Waals surface area (Å²) in [6.07, 6.45) is 3.88. The minimum atomic E-state index is -0.749. The number of rotatable bonds is 6. The van der Waals surface area contributed by atoms with E-state index in [4.69, 9.17) is 9.47 Å². The first-order valence-corrected chi connectivity index (χ1v) is 7.05. The van der Waals surface area contributed by atoms with E-state index in [0.717, 1.165) is 11.8 Å². The number of methoxy groups -OCH3 is 1. The number of esters is 1. The van der Waals surface area contributed by atoms with Crippen LogP contribution in [0, 0.1) is 5.41 Å². The molecule has 0 saturated heterocycles. The lowest BCUT2D eigenvalue weighted by atomic mass is 9.95. The molecule has 0 aliphatic carbocycles. The van der Waals surface area contributed by atoms with E-state index >= 15 is 0 Å². The lowest BCUT2D eigenvalue weighted by Gasteiger charge is -2.21. The summed E-state index contributed by atoms with van der Waals surface area (Å²) in [5, 5.41) is 0. The van der Waals surface area contributed by atoms with Gasteiger partial charge in [-0.15, -0.1) is 0 Å². The van der Waals surface area contributed by atoms with Crippen molar-refractivity contribution >= 4 is 12.3 Å². The number of hydrogen-bond acceptors (Lipinski definition) is 6. The highest BCUT2D eigenvalue weighted by molar-refractivity contribution is 5.76. The summed E-state index contributed by atoms with van der Waals surface area (Å²) in [7, 11) is 1.35. The summed E-state index contributed by atoms with van der Waals surface area (Å²) in [6.45, 7) is 3.65. The molecule has 23 heavy (non-hydrogen) atoms. The van der Waals surface area contributed by atoms with E-state index in [1.807, 2.05) is 6.07 Å². The maximum atomic E-state index is 11.6. The van der Waals surface area contributed by atoms with Crippen molar-refractivity contribution < 1.29 is 19.1 Å². The van der Waals surface area contributed by atoms with Crippen molar-refractivity contribution in [1.29, 1.82) is 0 Å². The average Bonchev–Trinajstić information content (AvgIpc) is 2.60. The van der Waals surface area contributed by atoms with Gasteiger partial charge >= 0.3 is 5.97 Å². The lowest BCUT2D eigenvalue weighted by molar-refractivity contribution is -0.152. The number of aromatic nitrogens is 2. The van der Waals surface area contributed by atoms with Crippen molar-refractivity contribution in [3.63, 3.8) is 0 Å². The molecule has 2 heterocycles. The number of carbonyl (C=O) groups is 2. The van der Waals surface area contributed by atoms with E-state index in [9.17, 15) is 9.59 Å². The van der Waals surface area contributed by atoms with Gasteiger partial charge in [-0.2, -0.15) is 0 Å². The smallest absolute Gasteiger partial charge is 0.314 e. The van der Waals surface area contributed by atoms with Crippen molar-refractivity contribution in [2.45, 2.75) is 13.8 Å². The number of aldehydes is 1. The Kier molecular flexibility index (Phi) is 5.05. The predicted octanol–water partition coefficient (Wildman–Crippen LogP) is 2.53. The van der Waals surface area contributed by atoms with Gasteiger partial charge in [0.1, 0.15) is 6.61 Å². The number of carbonyl (C=O) groups excluding carboxylic acids is 2. The fourth-order valence-electron chi connectivity index (χ4n) is 1.85. The molecule has 6 nitrogen and oxygen atoms in total. The highest BCUT2D eigenvalue weighted by Crippen LogP contribution is 2.21. The Bertz CT molecular complexity index is 679. The second-order valence-corrected chi connectivity index (χ2v) is 5.64. The van der Waals surface area contributed by atoms with Crippen LogP contribution in [0.2, 0.25) is 0 Å². The highest BCUT2D eigenvalue weighted by atomic mass is 16.5. The van der Waals surface area contributed by atoms with Gasteiger partial charge in [-0.25, -0.2) is 4.98 Å². The monoisotopic (exact) mass is 314 g/mol. The molecule has 0 aliphatic heterocycles. The zero-order valence-electron chi connectivity index (χ0n) is 13.3. The number of pyridine rings is 2. The van der Waals surface area contributed by atoms with Gasteiger partial charge in [0.15, 0.2) is 6.29 Å². The van der Waals surface area contributed by atoms with Crippen LogP contribution in [0.15, 0.2) is 36.7 Å². The third kappa shape index (κ3) is 4.12. The Hall–Kier alpha value is -2.76. The molecule has 0 amide bonds. The highest BCUT2D eigenvalue weighted by Gasteiger charge is 2.29. The first-order valence-electron chi connectivity index (χ1n) is 7.05. The third-order valence-electron chi connectivity index (χ3n) is 3.27. The number of nitrogens with zero attached hydrogens (tertiary/aromatic N) is 2. The largest absolute Gasteiger partial charge is 0.476 e. The molecule has 0 atom stereocenters. The predicted molar refractivity (Wildman–Crippen MR) is 84.1 cm³/mol. The van der Waals surface area contributed by atoms with Gasteiger partial charge in [-0.3, -0.25) is 14.6 Å². The summed E-state index contributed by atoms with van der Waals surface area (Å²) in [5.41, 5.74) is 1.29. The Balaban J connectivity index is 2.04. The van der Waals surface area contributed by atoms with Crippen LogP contribution in [0.1, 0.15) is 24.2 Å². The minimum Gasteiger partial charge on any atom is -0.476 e. The molecule has 0 bridgehead atoms. The number of ether oxygens (including phenoxy) is 2. The third-order valence-corrected chi connectivity index (χ3v) is 3.27. The first-order chi connectivity index (χ1) is 11.0. The van der Waals surface area contributed by atoms with E-state index in [2.05, 4.69) is 9.97 Å². The van der Waals surface area contributed by atoms with Gasteiger partial charge in [-0.1, -0.05) is 0 Å². The van der Waals surface area contributed by atoms with Crippen LogP contribution in [0.4, 0.5) is 0 Å². The Morgan fingerprint density at radius 2 is 1.96 bits per heavy atom. The quantitative estimate of drug-likeness (QED) is 0.602. The van der Waals surface area contributed by atoms with Crippen molar-refractivity contribution in [2.24, 2.45) is 5.41 Å². The molecule has 0 fully saturated rings. The molecule has 6 heteroatoms. The van der Waals surface area contributed by atoms with E-state index in [1.54, 1.807) is 38.2 Å². The van der Waals surface area contributed by atoms with Crippen LogP contribution in [-0.4, -0.2) is 35.9 Å². The normalized spacial score (nSPS) is 10.9. The van der Waals surface area contributed by atoms with Crippen LogP contribution in [-0.2, 0) is 9.53 Å². The second kappa shape index (κ2) is 7.00. The molecule has 2 aromatic rings. The Morgan fingerprint density at radius 1 is 1.17 bits per heavy atom. The standard InChI is InChI=1S/C17H18N2O4/c1-17(2,16(21)22-3)11-23-15-7-5-13(9-19-15)14-6-4-12(10-20)8-18-14/h4-10H,11H2,1-3H3. The Morgan fingerprint density at radius 3 is 2.48 bits per heavy atom. The van der Waals surface area contributed by atoms with Gasteiger partial charge in [-0.05, 0) is 32.0 Å². The molecule has 120 valence electrons. The summed E-state index contributed by atoms with van der Waals surface area (Å²) >= 11 is 0. The van der Waals surface area contributed by atoms with Crippen molar-refractivity contribution in [3.8, 4) is 17.1 Å². The minimum absolute atomic E-state index is 0.165. The fraction of sp³-hybridized carbons (Fsp3) is 0.294.